The number of amides is 2. The summed E-state index contributed by atoms with van der Waals surface area (Å²) in [6.45, 7) is 6.31. The van der Waals surface area contributed by atoms with E-state index < -0.39 is 17.3 Å². The van der Waals surface area contributed by atoms with E-state index in [-0.39, 0.29) is 34.6 Å². The summed E-state index contributed by atoms with van der Waals surface area (Å²) < 4.78 is 15.0. The lowest BCUT2D eigenvalue weighted by molar-refractivity contribution is -0.158. The Morgan fingerprint density at radius 3 is 2.43 bits per heavy atom. The number of carbonyl (C=O) groups is 4. The predicted octanol–water partition coefficient (Wildman–Crippen LogP) is 6.85. The van der Waals surface area contributed by atoms with Crippen molar-refractivity contribution >= 4 is 29.1 Å². The Morgan fingerprint density at radius 2 is 1.64 bits per heavy atom. The van der Waals surface area contributed by atoms with E-state index in [2.05, 4.69) is 18.8 Å². The fourth-order valence-electron chi connectivity index (χ4n) is 12.1. The van der Waals surface area contributed by atoms with Gasteiger partial charge in [-0.2, -0.15) is 0 Å². The average Bonchev–Trinajstić information content (AvgIpc) is 3.43. The lowest BCUT2D eigenvalue weighted by atomic mass is 9.44. The molecule has 5 fully saturated rings. The van der Waals surface area contributed by atoms with Gasteiger partial charge in [0.1, 0.15) is 18.1 Å². The van der Waals surface area contributed by atoms with Gasteiger partial charge in [-0.25, -0.2) is 4.39 Å². The van der Waals surface area contributed by atoms with E-state index in [0.717, 1.165) is 68.2 Å². The zero-order chi connectivity index (χ0) is 37.1. The smallest absolute Gasteiger partial charge is 0.256 e. The minimum atomic E-state index is -0.767. The first-order valence-electron chi connectivity index (χ1n) is 20.2. The number of rotatable bonds is 7. The van der Waals surface area contributed by atoms with Crippen LogP contribution in [0.1, 0.15) is 123 Å². The Hall–Kier alpha value is -3.72. The Balaban J connectivity index is 0.836. The van der Waals surface area contributed by atoms with Gasteiger partial charge in [0, 0.05) is 68.7 Å². The second-order valence-electron chi connectivity index (χ2n) is 17.7. The highest BCUT2D eigenvalue weighted by Gasteiger charge is 2.64. The van der Waals surface area contributed by atoms with Crippen LogP contribution in [0.2, 0.25) is 0 Å². The molecule has 2 aromatic carbocycles. The molecule has 1 saturated heterocycles. The van der Waals surface area contributed by atoms with Crippen LogP contribution in [0.5, 0.6) is 0 Å². The summed E-state index contributed by atoms with van der Waals surface area (Å²) in [6.07, 6.45) is 10.8. The number of hydrogen-bond donors (Lipinski definition) is 1. The molecule has 2 heterocycles. The van der Waals surface area contributed by atoms with E-state index in [1.165, 1.54) is 12.5 Å². The molecular weight excluding hydrogens is 669 g/mol. The molecule has 282 valence electrons. The molecule has 7 atom stereocenters. The molecule has 0 aromatic heterocycles. The van der Waals surface area contributed by atoms with Gasteiger partial charge < -0.3 is 14.9 Å². The SMILES string of the molecule is C[C@@]12CCC(=O)C[C@H]1CC[C@H]1[C@H]2CC[C@]2(C)[C@@H]1CC[C@]2(O)CCCC(=O)N1CCN(C(=O)c2cc(CC3=NCC(=O)c4ccccc43)ccc2F)CC1. The minimum absolute atomic E-state index is 0.00433. The van der Waals surface area contributed by atoms with Gasteiger partial charge in [0.2, 0.25) is 5.91 Å². The first kappa shape index (κ1) is 36.3. The third-order valence-electron chi connectivity index (χ3n) is 15.3. The second-order valence-corrected chi connectivity index (χ2v) is 17.7. The summed E-state index contributed by atoms with van der Waals surface area (Å²) in [4.78, 5) is 59.4. The van der Waals surface area contributed by atoms with Crippen molar-refractivity contribution in [2.45, 2.75) is 103 Å². The summed E-state index contributed by atoms with van der Waals surface area (Å²) >= 11 is 0. The molecule has 4 aliphatic carbocycles. The van der Waals surface area contributed by atoms with Gasteiger partial charge in [-0.1, -0.05) is 44.2 Å². The molecule has 8 rings (SSSR count). The standard InChI is InChI=1S/C44H54FN3O5/c1-42-17-13-30(49)26-29(42)10-11-33-35(42)14-18-43(2)36(33)15-19-44(43,53)16-5-8-40(51)47-20-22-48(23-21-47)41(52)34-24-28(9-12-37(34)45)25-38-31-6-3-4-7-32(31)39(50)27-46-38/h3-4,6-7,9,12,24,29,33,35-36,53H,5,8,10-11,13-23,25-27H2,1-2H3/t29-,33+,35-,36-,42-,43-,44-/m1/s1. The lowest BCUT2D eigenvalue weighted by Crippen LogP contribution is -2.56. The molecule has 0 unspecified atom stereocenters. The summed E-state index contributed by atoms with van der Waals surface area (Å²) in [5.74, 6) is 1.76. The Bertz CT molecular complexity index is 1850. The average molecular weight is 724 g/mol. The fourth-order valence-corrected chi connectivity index (χ4v) is 12.1. The van der Waals surface area contributed by atoms with Crippen LogP contribution < -0.4 is 0 Å². The van der Waals surface area contributed by atoms with E-state index >= 15 is 4.39 Å². The maximum absolute atomic E-state index is 15.0. The van der Waals surface area contributed by atoms with Crippen LogP contribution >= 0.6 is 0 Å². The molecule has 0 spiro atoms. The third kappa shape index (κ3) is 6.28. The monoisotopic (exact) mass is 723 g/mol. The minimum Gasteiger partial charge on any atom is -0.389 e. The Kier molecular flexibility index (Phi) is 9.48. The van der Waals surface area contributed by atoms with E-state index in [9.17, 15) is 24.3 Å². The van der Waals surface area contributed by atoms with Crippen LogP contribution in [-0.2, 0) is 16.0 Å². The van der Waals surface area contributed by atoms with Crippen molar-refractivity contribution in [2.75, 3.05) is 32.7 Å². The van der Waals surface area contributed by atoms with Crippen molar-refractivity contribution in [1.29, 1.82) is 0 Å². The first-order valence-corrected chi connectivity index (χ1v) is 20.2. The molecule has 1 N–H and O–H groups in total. The molecule has 2 amide bonds. The maximum atomic E-state index is 15.0. The molecule has 6 aliphatic rings. The Labute approximate surface area is 312 Å². The normalized spacial score (nSPS) is 33.8. The van der Waals surface area contributed by atoms with Gasteiger partial charge in [0.15, 0.2) is 5.78 Å². The topological polar surface area (TPSA) is 107 Å². The number of carbonyl (C=O) groups excluding carboxylic acids is 4. The highest BCUT2D eigenvalue weighted by atomic mass is 19.1. The van der Waals surface area contributed by atoms with Crippen molar-refractivity contribution < 1.29 is 28.7 Å². The summed E-state index contributed by atoms with van der Waals surface area (Å²) in [7, 11) is 0. The van der Waals surface area contributed by atoms with E-state index in [4.69, 9.17) is 0 Å². The second kappa shape index (κ2) is 13.8. The van der Waals surface area contributed by atoms with Crippen LogP contribution in [0.3, 0.4) is 0 Å². The molecule has 0 bridgehead atoms. The number of halogens is 1. The fraction of sp³-hybridized carbons (Fsp3) is 0.614. The maximum Gasteiger partial charge on any atom is 0.256 e. The molecule has 9 heteroatoms. The van der Waals surface area contributed by atoms with Crippen LogP contribution in [-0.4, -0.2) is 82.3 Å². The summed E-state index contributed by atoms with van der Waals surface area (Å²) in [6, 6.07) is 11.9. The highest BCUT2D eigenvalue weighted by molar-refractivity contribution is 6.15. The van der Waals surface area contributed by atoms with Gasteiger partial charge in [-0.3, -0.25) is 24.2 Å². The van der Waals surface area contributed by atoms with Crippen molar-refractivity contribution in [3.63, 3.8) is 0 Å². The first-order chi connectivity index (χ1) is 25.4. The van der Waals surface area contributed by atoms with Crippen molar-refractivity contribution in [3.05, 3.63) is 70.5 Å². The van der Waals surface area contributed by atoms with E-state index in [1.54, 1.807) is 28.0 Å². The lowest BCUT2D eigenvalue weighted by Gasteiger charge is -2.61. The van der Waals surface area contributed by atoms with Gasteiger partial charge in [-0.05, 0) is 110 Å². The largest absolute Gasteiger partial charge is 0.389 e. The van der Waals surface area contributed by atoms with E-state index in [1.807, 2.05) is 18.2 Å². The molecule has 0 radical (unpaired) electrons. The zero-order valence-electron chi connectivity index (χ0n) is 31.4. The van der Waals surface area contributed by atoms with Crippen molar-refractivity contribution in [3.8, 4) is 0 Å². The molecule has 4 saturated carbocycles. The number of piperazine rings is 1. The number of fused-ring (bicyclic) bond motifs is 6. The number of aliphatic hydroxyl groups is 1. The number of aliphatic imine (C=N–C) groups is 1. The number of nitrogens with zero attached hydrogens (tertiary/aromatic N) is 3. The molecule has 53 heavy (non-hydrogen) atoms. The van der Waals surface area contributed by atoms with Gasteiger partial charge >= 0.3 is 0 Å². The summed E-state index contributed by atoms with van der Waals surface area (Å²) in [5.41, 5.74) is 2.24. The molecule has 2 aliphatic heterocycles. The van der Waals surface area contributed by atoms with Crippen LogP contribution in [0.4, 0.5) is 4.39 Å². The Morgan fingerprint density at radius 1 is 0.906 bits per heavy atom. The number of Topliss-reactive ketones (excluding diaryl/α,β-unsaturated/α-hetero) is 2. The molecule has 2 aromatic rings. The van der Waals surface area contributed by atoms with E-state index in [0.29, 0.717) is 86.9 Å². The van der Waals surface area contributed by atoms with Crippen LogP contribution in [0.15, 0.2) is 47.5 Å². The molecule has 8 nitrogen and oxygen atoms in total. The van der Waals surface area contributed by atoms with Crippen molar-refractivity contribution in [1.82, 2.24) is 9.80 Å². The number of ketones is 2. The van der Waals surface area contributed by atoms with Crippen molar-refractivity contribution in [2.24, 2.45) is 39.5 Å². The number of benzene rings is 2. The van der Waals surface area contributed by atoms with Gasteiger partial charge in [0.25, 0.3) is 5.91 Å². The number of hydrogen-bond acceptors (Lipinski definition) is 6. The quantitative estimate of drug-likeness (QED) is 0.337. The molecular formula is C44H54FN3O5. The van der Waals surface area contributed by atoms with Crippen LogP contribution in [0, 0.1) is 40.3 Å². The van der Waals surface area contributed by atoms with Gasteiger partial charge in [-0.15, -0.1) is 0 Å². The summed E-state index contributed by atoms with van der Waals surface area (Å²) in [5, 5.41) is 12.2. The third-order valence-corrected chi connectivity index (χ3v) is 15.3. The van der Waals surface area contributed by atoms with Gasteiger partial charge in [0.05, 0.1) is 11.2 Å². The highest BCUT2D eigenvalue weighted by Crippen LogP contribution is 2.68. The van der Waals surface area contributed by atoms with Crippen LogP contribution in [0.25, 0.3) is 0 Å². The zero-order valence-corrected chi connectivity index (χ0v) is 31.4. The predicted molar refractivity (Wildman–Crippen MR) is 200 cm³/mol.